The highest BCUT2D eigenvalue weighted by atomic mass is 32.1. The molecule has 6 heteroatoms. The third kappa shape index (κ3) is 3.96. The number of carbonyl (C=O) groups is 1. The van der Waals surface area contributed by atoms with Crippen LogP contribution in [0.15, 0.2) is 23.7 Å². The predicted molar refractivity (Wildman–Crippen MR) is 99.9 cm³/mol. The van der Waals surface area contributed by atoms with Gasteiger partial charge in [0.1, 0.15) is 5.60 Å². The Hall–Kier alpha value is -1.66. The van der Waals surface area contributed by atoms with E-state index in [1.165, 1.54) is 0 Å². The number of methoxy groups -OCH3 is 1. The number of thiazole rings is 1. The summed E-state index contributed by atoms with van der Waals surface area (Å²) in [6.45, 7) is 8.42. The maximum atomic E-state index is 12.8. The van der Waals surface area contributed by atoms with Crippen LogP contribution in [0.1, 0.15) is 45.7 Å². The second kappa shape index (κ2) is 6.92. The molecule has 0 N–H and O–H groups in total. The van der Waals surface area contributed by atoms with Crippen molar-refractivity contribution >= 4 is 27.6 Å². The molecular weight excluding hydrogens is 336 g/mol. The fourth-order valence-electron chi connectivity index (χ4n) is 3.38. The summed E-state index contributed by atoms with van der Waals surface area (Å²) < 4.78 is 12.5. The van der Waals surface area contributed by atoms with Gasteiger partial charge in [-0.15, -0.1) is 11.3 Å². The monoisotopic (exact) mass is 362 g/mol. The van der Waals surface area contributed by atoms with Gasteiger partial charge < -0.3 is 14.4 Å². The number of hydrogen-bond acceptors (Lipinski definition) is 5. The van der Waals surface area contributed by atoms with Gasteiger partial charge in [0, 0.05) is 19.6 Å². The van der Waals surface area contributed by atoms with Gasteiger partial charge in [0.15, 0.2) is 0 Å². The van der Waals surface area contributed by atoms with E-state index in [9.17, 15) is 4.79 Å². The molecule has 136 valence electrons. The number of likely N-dealkylation sites (tertiary alicyclic amines) is 1. The number of ether oxygens (including phenoxy) is 2. The van der Waals surface area contributed by atoms with Gasteiger partial charge in [-0.2, -0.15) is 0 Å². The average molecular weight is 362 g/mol. The molecule has 2 aromatic rings. The molecule has 0 saturated carbocycles. The number of piperidine rings is 1. The highest BCUT2D eigenvalue weighted by molar-refractivity contribution is 7.16. The van der Waals surface area contributed by atoms with Gasteiger partial charge in [-0.25, -0.2) is 9.78 Å². The molecule has 1 aliphatic rings. The number of benzene rings is 1. The molecule has 1 fully saturated rings. The molecule has 1 saturated heterocycles. The number of amides is 1. The van der Waals surface area contributed by atoms with E-state index in [4.69, 9.17) is 9.47 Å². The first-order valence-corrected chi connectivity index (χ1v) is 9.52. The van der Waals surface area contributed by atoms with E-state index in [0.29, 0.717) is 6.54 Å². The molecule has 0 radical (unpaired) electrons. The second-order valence-corrected chi connectivity index (χ2v) is 8.60. The lowest BCUT2D eigenvalue weighted by molar-refractivity contribution is -0.0416. The van der Waals surface area contributed by atoms with Crippen molar-refractivity contribution in [2.24, 2.45) is 5.92 Å². The van der Waals surface area contributed by atoms with Gasteiger partial charge in [0.05, 0.1) is 27.9 Å². The molecule has 3 atom stereocenters. The zero-order valence-electron chi connectivity index (χ0n) is 15.5. The van der Waals surface area contributed by atoms with Crippen molar-refractivity contribution in [3.63, 3.8) is 0 Å². The molecule has 0 spiro atoms. The molecule has 1 aromatic carbocycles. The van der Waals surface area contributed by atoms with E-state index in [2.05, 4.69) is 30.1 Å². The van der Waals surface area contributed by atoms with E-state index in [-0.39, 0.29) is 24.2 Å². The molecule has 1 aromatic heterocycles. The van der Waals surface area contributed by atoms with Gasteiger partial charge in [-0.1, -0.05) is 13.0 Å². The SMILES string of the molecule is COC1C[C@@H](c2ccc3scnc3c2)N(C(=O)OC(C)(C)C)C[C@@H]1C. The van der Waals surface area contributed by atoms with Crippen LogP contribution in [0.2, 0.25) is 0 Å². The Bertz CT molecular complexity index is 752. The normalized spacial score (nSPS) is 24.5. The van der Waals surface area contributed by atoms with Crippen LogP contribution in [-0.2, 0) is 9.47 Å². The van der Waals surface area contributed by atoms with Crippen molar-refractivity contribution in [3.05, 3.63) is 29.3 Å². The Morgan fingerprint density at radius 1 is 1.36 bits per heavy atom. The first-order chi connectivity index (χ1) is 11.8. The molecule has 1 aliphatic heterocycles. The highest BCUT2D eigenvalue weighted by Gasteiger charge is 2.38. The van der Waals surface area contributed by atoms with Crippen LogP contribution < -0.4 is 0 Å². The van der Waals surface area contributed by atoms with Crippen LogP contribution in [0, 0.1) is 5.92 Å². The third-order valence-corrected chi connectivity index (χ3v) is 5.43. The van der Waals surface area contributed by atoms with E-state index >= 15 is 0 Å². The summed E-state index contributed by atoms with van der Waals surface area (Å²) in [5.74, 6) is 0.261. The van der Waals surface area contributed by atoms with E-state index < -0.39 is 5.60 Å². The van der Waals surface area contributed by atoms with Crippen LogP contribution in [0.3, 0.4) is 0 Å². The molecule has 25 heavy (non-hydrogen) atoms. The second-order valence-electron chi connectivity index (χ2n) is 7.72. The number of fused-ring (bicyclic) bond motifs is 1. The molecule has 3 rings (SSSR count). The number of rotatable bonds is 2. The maximum absolute atomic E-state index is 12.8. The summed E-state index contributed by atoms with van der Waals surface area (Å²) in [6, 6.07) is 6.18. The van der Waals surface area contributed by atoms with Crippen LogP contribution in [0.5, 0.6) is 0 Å². The Morgan fingerprint density at radius 3 is 2.80 bits per heavy atom. The third-order valence-electron chi connectivity index (χ3n) is 4.62. The van der Waals surface area contributed by atoms with Gasteiger partial charge >= 0.3 is 6.09 Å². The van der Waals surface area contributed by atoms with Crippen molar-refractivity contribution in [2.75, 3.05) is 13.7 Å². The molecule has 0 bridgehead atoms. The highest BCUT2D eigenvalue weighted by Crippen LogP contribution is 2.37. The van der Waals surface area contributed by atoms with Crippen molar-refractivity contribution < 1.29 is 14.3 Å². The predicted octanol–water partition coefficient (Wildman–Crippen LogP) is 4.63. The smallest absolute Gasteiger partial charge is 0.410 e. The summed E-state index contributed by atoms with van der Waals surface area (Å²) in [7, 11) is 1.74. The number of aromatic nitrogens is 1. The van der Waals surface area contributed by atoms with Crippen LogP contribution in [0.4, 0.5) is 4.79 Å². The molecule has 5 nitrogen and oxygen atoms in total. The minimum Gasteiger partial charge on any atom is -0.444 e. The quantitative estimate of drug-likeness (QED) is 0.781. The van der Waals surface area contributed by atoms with Crippen molar-refractivity contribution in [2.45, 2.75) is 51.9 Å². The fraction of sp³-hybridized carbons (Fsp3) is 0.579. The van der Waals surface area contributed by atoms with Gasteiger partial charge in [0.2, 0.25) is 0 Å². The lowest BCUT2D eigenvalue weighted by atomic mass is 9.87. The first kappa shape index (κ1) is 18.1. The zero-order chi connectivity index (χ0) is 18.2. The Morgan fingerprint density at radius 2 is 2.12 bits per heavy atom. The summed E-state index contributed by atoms with van der Waals surface area (Å²) in [4.78, 5) is 19.1. The van der Waals surface area contributed by atoms with Gasteiger partial charge in [-0.3, -0.25) is 0 Å². The first-order valence-electron chi connectivity index (χ1n) is 8.64. The van der Waals surface area contributed by atoms with Gasteiger partial charge in [-0.05, 0) is 44.9 Å². The van der Waals surface area contributed by atoms with Crippen LogP contribution >= 0.6 is 11.3 Å². The molecule has 1 amide bonds. The Balaban J connectivity index is 1.93. The van der Waals surface area contributed by atoms with E-state index in [1.807, 2.05) is 31.2 Å². The zero-order valence-corrected chi connectivity index (χ0v) is 16.3. The molecule has 2 heterocycles. The summed E-state index contributed by atoms with van der Waals surface area (Å²) in [6.07, 6.45) is 0.610. The van der Waals surface area contributed by atoms with E-state index in [0.717, 1.165) is 22.2 Å². The van der Waals surface area contributed by atoms with Crippen molar-refractivity contribution in [1.82, 2.24) is 9.88 Å². The summed E-state index contributed by atoms with van der Waals surface area (Å²) >= 11 is 1.62. The Labute approximate surface area is 152 Å². The lowest BCUT2D eigenvalue weighted by Gasteiger charge is -2.42. The Kier molecular flexibility index (Phi) is 5.02. The maximum Gasteiger partial charge on any atom is 0.410 e. The molecular formula is C19H26N2O3S. The van der Waals surface area contributed by atoms with Crippen LogP contribution in [-0.4, -0.2) is 41.3 Å². The fourth-order valence-corrected chi connectivity index (χ4v) is 4.04. The topological polar surface area (TPSA) is 51.7 Å². The number of carbonyl (C=O) groups excluding carboxylic acids is 1. The number of hydrogen-bond donors (Lipinski definition) is 0. The summed E-state index contributed by atoms with van der Waals surface area (Å²) in [5.41, 5.74) is 3.39. The largest absolute Gasteiger partial charge is 0.444 e. The minimum absolute atomic E-state index is 0.0675. The molecule has 0 aliphatic carbocycles. The minimum atomic E-state index is -0.512. The standard InChI is InChI=1S/C19H26N2O3S/c1-12-10-21(18(22)24-19(2,3)4)15(9-16(12)23-5)13-6-7-17-14(8-13)20-11-25-17/h6-8,11-12,15-16H,9-10H2,1-5H3/t12-,15-,16?/m0/s1. The van der Waals surface area contributed by atoms with E-state index in [1.54, 1.807) is 18.4 Å². The summed E-state index contributed by atoms with van der Waals surface area (Å²) in [5, 5.41) is 0. The average Bonchev–Trinajstić information content (AvgIpc) is 3.00. The lowest BCUT2D eigenvalue weighted by Crippen LogP contribution is -2.49. The van der Waals surface area contributed by atoms with Crippen molar-refractivity contribution in [3.8, 4) is 0 Å². The molecule has 1 unspecified atom stereocenters. The number of nitrogens with zero attached hydrogens (tertiary/aromatic N) is 2. The van der Waals surface area contributed by atoms with Crippen LogP contribution in [0.25, 0.3) is 10.2 Å². The van der Waals surface area contributed by atoms with Crippen molar-refractivity contribution in [1.29, 1.82) is 0 Å². The van der Waals surface area contributed by atoms with Gasteiger partial charge in [0.25, 0.3) is 0 Å².